The fourth-order valence-corrected chi connectivity index (χ4v) is 4.73. The van der Waals surface area contributed by atoms with E-state index in [2.05, 4.69) is 12.2 Å². The molecule has 1 saturated heterocycles. The lowest BCUT2D eigenvalue weighted by molar-refractivity contribution is -0.126. The van der Waals surface area contributed by atoms with Crippen molar-refractivity contribution in [3.63, 3.8) is 0 Å². The molecule has 0 aliphatic carbocycles. The Morgan fingerprint density at radius 3 is 2.73 bits per heavy atom. The summed E-state index contributed by atoms with van der Waals surface area (Å²) in [7, 11) is -0.867. The van der Waals surface area contributed by atoms with Gasteiger partial charge in [-0.15, -0.1) is 0 Å². The molecule has 0 spiro atoms. The lowest BCUT2D eigenvalue weighted by Crippen LogP contribution is -2.45. The average Bonchev–Trinajstić information content (AvgIpc) is 2.67. The third-order valence-corrected chi connectivity index (χ3v) is 6.46. The zero-order valence-electron chi connectivity index (χ0n) is 15.7. The quantitative estimate of drug-likeness (QED) is 0.693. The standard InChI is InChI=1S/C18H28N2O5S/c1-4-5-10-19-18(21)14-7-6-11-20(13-14)26(22,23)17-12-15(24-2)8-9-16(17)25-3/h8-9,12,14H,4-7,10-11,13H2,1-3H3,(H,19,21)/t14-/m0/s1. The van der Waals surface area contributed by atoms with E-state index < -0.39 is 10.0 Å². The molecule has 1 atom stereocenters. The molecule has 146 valence electrons. The van der Waals surface area contributed by atoms with Crippen molar-refractivity contribution in [2.75, 3.05) is 33.9 Å². The van der Waals surface area contributed by atoms with E-state index in [1.165, 1.54) is 24.6 Å². The molecule has 1 amide bonds. The Morgan fingerprint density at radius 1 is 1.31 bits per heavy atom. The number of methoxy groups -OCH3 is 2. The number of nitrogens with one attached hydrogen (secondary N) is 1. The third-order valence-electron chi connectivity index (χ3n) is 4.57. The molecule has 1 heterocycles. The van der Waals surface area contributed by atoms with Crippen LogP contribution in [-0.2, 0) is 14.8 Å². The maximum absolute atomic E-state index is 13.1. The topological polar surface area (TPSA) is 84.9 Å². The van der Waals surface area contributed by atoms with Crippen molar-refractivity contribution in [3.8, 4) is 11.5 Å². The SMILES string of the molecule is CCCCNC(=O)[C@H]1CCCN(S(=O)(=O)c2cc(OC)ccc2OC)C1. The number of ether oxygens (including phenoxy) is 2. The summed E-state index contributed by atoms with van der Waals surface area (Å²) in [6.45, 7) is 3.26. The van der Waals surface area contributed by atoms with Gasteiger partial charge in [-0.1, -0.05) is 13.3 Å². The summed E-state index contributed by atoms with van der Waals surface area (Å²) >= 11 is 0. The number of rotatable bonds is 8. The van der Waals surface area contributed by atoms with Crippen LogP contribution in [-0.4, -0.2) is 52.5 Å². The number of carbonyl (C=O) groups is 1. The highest BCUT2D eigenvalue weighted by atomic mass is 32.2. The van der Waals surface area contributed by atoms with Gasteiger partial charge in [-0.3, -0.25) is 4.79 Å². The number of hydrogen-bond acceptors (Lipinski definition) is 5. The number of benzene rings is 1. The van der Waals surface area contributed by atoms with Crippen molar-refractivity contribution in [1.29, 1.82) is 0 Å². The molecule has 1 aliphatic rings. The number of piperidine rings is 1. The Balaban J connectivity index is 2.19. The van der Waals surface area contributed by atoms with E-state index in [4.69, 9.17) is 9.47 Å². The molecular formula is C18H28N2O5S. The van der Waals surface area contributed by atoms with Gasteiger partial charge in [0, 0.05) is 25.7 Å². The van der Waals surface area contributed by atoms with Crippen LogP contribution in [0.15, 0.2) is 23.1 Å². The van der Waals surface area contributed by atoms with E-state index in [9.17, 15) is 13.2 Å². The van der Waals surface area contributed by atoms with Gasteiger partial charge >= 0.3 is 0 Å². The molecule has 0 aromatic heterocycles. The van der Waals surface area contributed by atoms with Gasteiger partial charge < -0.3 is 14.8 Å². The maximum atomic E-state index is 13.1. The van der Waals surface area contributed by atoms with Crippen LogP contribution in [0.4, 0.5) is 0 Å². The first-order valence-electron chi connectivity index (χ1n) is 8.94. The van der Waals surface area contributed by atoms with Crippen LogP contribution < -0.4 is 14.8 Å². The first-order valence-corrected chi connectivity index (χ1v) is 10.4. The molecule has 1 fully saturated rings. The van der Waals surface area contributed by atoms with Gasteiger partial charge in [0.1, 0.15) is 16.4 Å². The molecule has 26 heavy (non-hydrogen) atoms. The summed E-state index contributed by atoms with van der Waals surface area (Å²) in [5.74, 6) is 0.304. The van der Waals surface area contributed by atoms with Crippen molar-refractivity contribution in [2.24, 2.45) is 5.92 Å². The summed E-state index contributed by atoms with van der Waals surface area (Å²) in [6, 6.07) is 4.68. The highest BCUT2D eigenvalue weighted by Crippen LogP contribution is 2.32. The van der Waals surface area contributed by atoms with Crippen LogP contribution >= 0.6 is 0 Å². The molecule has 1 aromatic rings. The van der Waals surface area contributed by atoms with Crippen LogP contribution in [0.1, 0.15) is 32.6 Å². The van der Waals surface area contributed by atoms with E-state index in [0.717, 1.165) is 12.8 Å². The Kier molecular flexibility index (Phi) is 7.28. The second kappa shape index (κ2) is 9.23. The molecule has 8 heteroatoms. The highest BCUT2D eigenvalue weighted by molar-refractivity contribution is 7.89. The van der Waals surface area contributed by atoms with Crippen molar-refractivity contribution in [3.05, 3.63) is 18.2 Å². The first kappa shape index (κ1) is 20.5. The number of sulfonamides is 1. The Hall–Kier alpha value is -1.80. The zero-order chi connectivity index (χ0) is 19.2. The summed E-state index contributed by atoms with van der Waals surface area (Å²) < 4.78 is 38.0. The third kappa shape index (κ3) is 4.67. The van der Waals surface area contributed by atoms with Gasteiger partial charge in [0.2, 0.25) is 15.9 Å². The zero-order valence-corrected chi connectivity index (χ0v) is 16.5. The molecule has 1 aliphatic heterocycles. The van der Waals surface area contributed by atoms with Crippen molar-refractivity contribution >= 4 is 15.9 Å². The number of nitrogens with zero attached hydrogens (tertiary/aromatic N) is 1. The molecule has 0 unspecified atom stereocenters. The highest BCUT2D eigenvalue weighted by Gasteiger charge is 2.35. The van der Waals surface area contributed by atoms with Gasteiger partial charge in [0.15, 0.2) is 0 Å². The smallest absolute Gasteiger partial charge is 0.246 e. The molecular weight excluding hydrogens is 356 g/mol. The normalized spacial score (nSPS) is 18.3. The Bertz CT molecular complexity index is 720. The van der Waals surface area contributed by atoms with Crippen molar-refractivity contribution in [1.82, 2.24) is 9.62 Å². The van der Waals surface area contributed by atoms with Crippen LogP contribution in [0.3, 0.4) is 0 Å². The Labute approximate surface area is 155 Å². The molecule has 1 N–H and O–H groups in total. The lowest BCUT2D eigenvalue weighted by atomic mass is 9.99. The predicted octanol–water partition coefficient (Wildman–Crippen LogP) is 2.02. The molecule has 0 bridgehead atoms. The van der Waals surface area contributed by atoms with Crippen molar-refractivity contribution in [2.45, 2.75) is 37.5 Å². The molecule has 0 radical (unpaired) electrons. The van der Waals surface area contributed by atoms with E-state index in [1.807, 2.05) is 0 Å². The Morgan fingerprint density at radius 2 is 2.08 bits per heavy atom. The summed E-state index contributed by atoms with van der Waals surface area (Å²) in [6.07, 6.45) is 3.26. The number of hydrogen-bond donors (Lipinski definition) is 1. The van der Waals surface area contributed by atoms with E-state index in [1.54, 1.807) is 12.1 Å². The number of unbranched alkanes of at least 4 members (excludes halogenated alkanes) is 1. The predicted molar refractivity (Wildman–Crippen MR) is 98.9 cm³/mol. The monoisotopic (exact) mass is 384 g/mol. The first-order chi connectivity index (χ1) is 12.4. The minimum absolute atomic E-state index is 0.0615. The summed E-state index contributed by atoms with van der Waals surface area (Å²) in [5, 5.41) is 2.90. The molecule has 2 rings (SSSR count). The number of amides is 1. The second-order valence-corrected chi connectivity index (χ2v) is 8.27. The molecule has 7 nitrogen and oxygen atoms in total. The summed E-state index contributed by atoms with van der Waals surface area (Å²) in [5.41, 5.74) is 0. The van der Waals surface area contributed by atoms with Crippen molar-refractivity contribution < 1.29 is 22.7 Å². The average molecular weight is 384 g/mol. The fraction of sp³-hybridized carbons (Fsp3) is 0.611. The van der Waals surface area contributed by atoms with E-state index in [-0.39, 0.29) is 29.0 Å². The van der Waals surface area contributed by atoms with Crippen LogP contribution in [0.25, 0.3) is 0 Å². The van der Waals surface area contributed by atoms with E-state index >= 15 is 0 Å². The molecule has 0 saturated carbocycles. The largest absolute Gasteiger partial charge is 0.497 e. The minimum Gasteiger partial charge on any atom is -0.497 e. The van der Waals surface area contributed by atoms with Gasteiger partial charge in [0.25, 0.3) is 0 Å². The van der Waals surface area contributed by atoms with Gasteiger partial charge in [0.05, 0.1) is 20.1 Å². The molecule has 1 aromatic carbocycles. The second-order valence-electron chi connectivity index (χ2n) is 6.36. The van der Waals surface area contributed by atoms with Crippen LogP contribution in [0.5, 0.6) is 11.5 Å². The van der Waals surface area contributed by atoms with E-state index in [0.29, 0.717) is 31.7 Å². The van der Waals surface area contributed by atoms with Gasteiger partial charge in [-0.25, -0.2) is 8.42 Å². The van der Waals surface area contributed by atoms with Gasteiger partial charge in [-0.05, 0) is 31.4 Å². The fourth-order valence-electron chi connectivity index (χ4n) is 3.03. The summed E-state index contributed by atoms with van der Waals surface area (Å²) in [4.78, 5) is 12.4. The van der Waals surface area contributed by atoms with Crippen LogP contribution in [0, 0.1) is 5.92 Å². The van der Waals surface area contributed by atoms with Crippen LogP contribution in [0.2, 0.25) is 0 Å². The minimum atomic E-state index is -3.78. The van der Waals surface area contributed by atoms with Gasteiger partial charge in [-0.2, -0.15) is 4.31 Å². The maximum Gasteiger partial charge on any atom is 0.246 e. The number of carbonyl (C=O) groups excluding carboxylic acids is 1. The lowest BCUT2D eigenvalue weighted by Gasteiger charge is -2.31.